The molecule has 32 heavy (non-hydrogen) atoms. The number of nitrogens with zero attached hydrogens (tertiary/aromatic N) is 2. The molecular weight excluding hydrogens is 402 g/mol. The Labute approximate surface area is 188 Å². The summed E-state index contributed by atoms with van der Waals surface area (Å²) in [6, 6.07) is 13.8. The van der Waals surface area contributed by atoms with Gasteiger partial charge in [0.15, 0.2) is 11.5 Å². The quantitative estimate of drug-likeness (QED) is 0.634. The Bertz CT molecular complexity index is 1210. The molecule has 6 heteroatoms. The molecule has 3 aromatic rings. The third kappa shape index (κ3) is 2.81. The molecular formula is C26H29N3O3. The number of ether oxygens (including phenoxy) is 2. The van der Waals surface area contributed by atoms with Gasteiger partial charge < -0.3 is 14.8 Å². The molecule has 1 saturated carbocycles. The Morgan fingerprint density at radius 2 is 1.78 bits per heavy atom. The molecule has 5 rings (SSSR count). The maximum atomic E-state index is 13.7. The van der Waals surface area contributed by atoms with Crippen LogP contribution in [0.5, 0.6) is 11.5 Å². The number of rotatable bonds is 6. The van der Waals surface area contributed by atoms with Gasteiger partial charge in [-0.2, -0.15) is 0 Å². The fraction of sp³-hybridized carbons (Fsp3) is 0.423. The summed E-state index contributed by atoms with van der Waals surface area (Å²) in [5.41, 5.74) is 3.87. The van der Waals surface area contributed by atoms with Crippen molar-refractivity contribution in [3.63, 3.8) is 0 Å². The van der Waals surface area contributed by atoms with E-state index in [1.54, 1.807) is 14.2 Å². The molecule has 0 aliphatic heterocycles. The van der Waals surface area contributed by atoms with Crippen molar-refractivity contribution in [3.05, 3.63) is 59.4 Å². The van der Waals surface area contributed by atoms with Gasteiger partial charge in [-0.05, 0) is 54.5 Å². The van der Waals surface area contributed by atoms with E-state index in [0.29, 0.717) is 24.5 Å². The number of carbonyl (C=O) groups excluding carboxylic acids is 1. The van der Waals surface area contributed by atoms with E-state index in [4.69, 9.17) is 19.4 Å². The van der Waals surface area contributed by atoms with Crippen LogP contribution in [-0.2, 0) is 16.6 Å². The molecule has 2 atom stereocenters. The standard InChI is InChI=1S/C26H29N3O3/c1-25(2)17-11-13-26(25,23-22(17)28-18-7-5-6-8-19(18)29-23)24(30)27-14-12-16-9-10-20(31-3)21(15-16)32-4/h5-10,15,17H,11-14H2,1-4H3,(H,27,30). The molecule has 0 radical (unpaired) electrons. The van der Waals surface area contributed by atoms with Gasteiger partial charge in [-0.1, -0.05) is 32.0 Å². The number of aromatic nitrogens is 2. The Balaban J connectivity index is 1.41. The first-order valence-corrected chi connectivity index (χ1v) is 11.2. The molecule has 0 saturated heterocycles. The number of methoxy groups -OCH3 is 2. The number of carbonyl (C=O) groups is 1. The second-order valence-corrected chi connectivity index (χ2v) is 9.36. The molecule has 2 unspecified atom stereocenters. The molecule has 1 aromatic heterocycles. The van der Waals surface area contributed by atoms with Crippen LogP contribution >= 0.6 is 0 Å². The van der Waals surface area contributed by atoms with Crippen LogP contribution in [0, 0.1) is 5.41 Å². The summed E-state index contributed by atoms with van der Waals surface area (Å²) in [4.78, 5) is 23.7. The van der Waals surface area contributed by atoms with E-state index in [9.17, 15) is 4.79 Å². The van der Waals surface area contributed by atoms with Crippen LogP contribution in [0.4, 0.5) is 0 Å². The molecule has 6 nitrogen and oxygen atoms in total. The van der Waals surface area contributed by atoms with Gasteiger partial charge in [0.25, 0.3) is 0 Å². The fourth-order valence-electron chi connectivity index (χ4n) is 5.84. The van der Waals surface area contributed by atoms with E-state index in [0.717, 1.165) is 40.8 Å². The highest BCUT2D eigenvalue weighted by Gasteiger charge is 2.67. The number of nitrogens with one attached hydrogen (secondary N) is 1. The Hall–Kier alpha value is -3.15. The summed E-state index contributed by atoms with van der Waals surface area (Å²) in [5, 5.41) is 3.22. The maximum absolute atomic E-state index is 13.7. The van der Waals surface area contributed by atoms with E-state index < -0.39 is 5.41 Å². The van der Waals surface area contributed by atoms with E-state index in [1.165, 1.54) is 0 Å². The second-order valence-electron chi connectivity index (χ2n) is 9.36. The molecule has 1 fully saturated rings. The number of fused-ring (bicyclic) bond motifs is 6. The lowest BCUT2D eigenvalue weighted by Gasteiger charge is -2.36. The third-order valence-electron chi connectivity index (χ3n) is 7.65. The van der Waals surface area contributed by atoms with Gasteiger partial charge in [-0.3, -0.25) is 4.79 Å². The summed E-state index contributed by atoms with van der Waals surface area (Å²) < 4.78 is 10.7. The van der Waals surface area contributed by atoms with Gasteiger partial charge in [-0.15, -0.1) is 0 Å². The SMILES string of the molecule is COc1ccc(CCNC(=O)C23CCC(c4nc5ccccc5nc42)C3(C)C)cc1OC. The van der Waals surface area contributed by atoms with Gasteiger partial charge in [0, 0.05) is 12.5 Å². The molecule has 1 heterocycles. The molecule has 2 aromatic carbocycles. The van der Waals surface area contributed by atoms with E-state index in [1.807, 2.05) is 42.5 Å². The number of hydrogen-bond donors (Lipinski definition) is 1. The van der Waals surface area contributed by atoms with Gasteiger partial charge in [0.05, 0.1) is 42.1 Å². The van der Waals surface area contributed by atoms with Crippen LogP contribution in [0.1, 0.15) is 49.6 Å². The minimum absolute atomic E-state index is 0.0637. The first-order valence-electron chi connectivity index (χ1n) is 11.2. The highest BCUT2D eigenvalue weighted by Crippen LogP contribution is 2.67. The van der Waals surface area contributed by atoms with Crippen LogP contribution in [0.25, 0.3) is 11.0 Å². The van der Waals surface area contributed by atoms with Crippen molar-refractivity contribution in [3.8, 4) is 11.5 Å². The molecule has 166 valence electrons. The minimum Gasteiger partial charge on any atom is -0.493 e. The predicted octanol–water partition coefficient (Wildman–Crippen LogP) is 4.16. The van der Waals surface area contributed by atoms with Crippen molar-refractivity contribution in [1.29, 1.82) is 0 Å². The average molecular weight is 432 g/mol. The van der Waals surface area contributed by atoms with Crippen molar-refractivity contribution in [2.24, 2.45) is 5.41 Å². The lowest BCUT2D eigenvalue weighted by atomic mass is 9.67. The predicted molar refractivity (Wildman–Crippen MR) is 123 cm³/mol. The van der Waals surface area contributed by atoms with Crippen molar-refractivity contribution < 1.29 is 14.3 Å². The van der Waals surface area contributed by atoms with Crippen molar-refractivity contribution >= 4 is 16.9 Å². The molecule has 2 aliphatic carbocycles. The number of benzene rings is 2. The summed E-state index contributed by atoms with van der Waals surface area (Å²) in [6.45, 7) is 4.95. The number of hydrogen-bond acceptors (Lipinski definition) is 5. The summed E-state index contributed by atoms with van der Waals surface area (Å²) in [7, 11) is 3.25. The maximum Gasteiger partial charge on any atom is 0.232 e. The van der Waals surface area contributed by atoms with Gasteiger partial charge in [0.1, 0.15) is 0 Å². The Kier molecular flexibility index (Phi) is 4.84. The van der Waals surface area contributed by atoms with E-state index >= 15 is 0 Å². The zero-order valence-electron chi connectivity index (χ0n) is 19.1. The van der Waals surface area contributed by atoms with Crippen molar-refractivity contribution in [2.75, 3.05) is 20.8 Å². The smallest absolute Gasteiger partial charge is 0.232 e. The number of para-hydroxylation sites is 2. The second kappa shape index (κ2) is 7.47. The van der Waals surface area contributed by atoms with Crippen molar-refractivity contribution in [1.82, 2.24) is 15.3 Å². The fourth-order valence-corrected chi connectivity index (χ4v) is 5.84. The van der Waals surface area contributed by atoms with Gasteiger partial charge in [0.2, 0.25) is 5.91 Å². The van der Waals surface area contributed by atoms with Gasteiger partial charge >= 0.3 is 0 Å². The first kappa shape index (κ1) is 20.7. The highest BCUT2D eigenvalue weighted by molar-refractivity contribution is 5.92. The lowest BCUT2D eigenvalue weighted by Crippen LogP contribution is -2.50. The third-order valence-corrected chi connectivity index (χ3v) is 7.65. The Morgan fingerprint density at radius 1 is 1.06 bits per heavy atom. The van der Waals surface area contributed by atoms with Gasteiger partial charge in [-0.25, -0.2) is 9.97 Å². The van der Waals surface area contributed by atoms with Crippen LogP contribution in [0.15, 0.2) is 42.5 Å². The largest absolute Gasteiger partial charge is 0.493 e. The molecule has 0 spiro atoms. The zero-order valence-corrected chi connectivity index (χ0v) is 19.1. The van der Waals surface area contributed by atoms with Crippen LogP contribution in [0.2, 0.25) is 0 Å². The molecule has 1 N–H and O–H groups in total. The zero-order chi connectivity index (χ0) is 22.5. The molecule has 1 amide bonds. The molecule has 2 aliphatic rings. The topological polar surface area (TPSA) is 73.3 Å². The van der Waals surface area contributed by atoms with Crippen LogP contribution in [0.3, 0.4) is 0 Å². The summed E-state index contributed by atoms with van der Waals surface area (Å²) >= 11 is 0. The lowest BCUT2D eigenvalue weighted by molar-refractivity contribution is -0.129. The monoisotopic (exact) mass is 431 g/mol. The Morgan fingerprint density at radius 3 is 2.50 bits per heavy atom. The average Bonchev–Trinajstić information content (AvgIpc) is 3.18. The highest BCUT2D eigenvalue weighted by atomic mass is 16.5. The van der Waals surface area contributed by atoms with Crippen LogP contribution < -0.4 is 14.8 Å². The first-order chi connectivity index (χ1) is 15.4. The van der Waals surface area contributed by atoms with Crippen LogP contribution in [-0.4, -0.2) is 36.6 Å². The van der Waals surface area contributed by atoms with E-state index in [-0.39, 0.29) is 17.2 Å². The number of amides is 1. The van der Waals surface area contributed by atoms with Crippen molar-refractivity contribution in [2.45, 2.75) is 44.4 Å². The minimum atomic E-state index is -0.637. The normalized spacial score (nSPS) is 22.6. The molecule has 2 bridgehead atoms. The summed E-state index contributed by atoms with van der Waals surface area (Å²) in [5.74, 6) is 1.72. The summed E-state index contributed by atoms with van der Waals surface area (Å²) in [6.07, 6.45) is 2.49. The van der Waals surface area contributed by atoms with E-state index in [2.05, 4.69) is 19.2 Å².